The molecule has 0 heterocycles. The monoisotopic (exact) mass is 381 g/mol. The zero-order valence-electron chi connectivity index (χ0n) is 15.0. The predicted molar refractivity (Wildman–Crippen MR) is 95.7 cm³/mol. The highest BCUT2D eigenvalue weighted by molar-refractivity contribution is 7.85. The van der Waals surface area contributed by atoms with Crippen LogP contribution in [0.1, 0.15) is 52.4 Å². The van der Waals surface area contributed by atoms with Crippen molar-refractivity contribution in [2.45, 2.75) is 52.4 Å². The quantitative estimate of drug-likeness (QED) is 0.201. The van der Waals surface area contributed by atoms with Crippen molar-refractivity contribution in [3.63, 3.8) is 0 Å². The van der Waals surface area contributed by atoms with E-state index in [0.29, 0.717) is 19.4 Å². The van der Waals surface area contributed by atoms with Crippen LogP contribution in [-0.2, 0) is 24.4 Å². The Balaban J connectivity index is 0. The largest absolute Gasteiger partial charge is 0.481 e. The summed E-state index contributed by atoms with van der Waals surface area (Å²) >= 11 is 0. The minimum atomic E-state index is -3.77. The molecule has 0 saturated heterocycles. The summed E-state index contributed by atoms with van der Waals surface area (Å²) in [5.41, 5.74) is 4.96. The first-order chi connectivity index (χ1) is 11.7. The van der Waals surface area contributed by atoms with E-state index in [4.69, 9.17) is 20.1 Å². The Morgan fingerprint density at radius 3 is 2.24 bits per heavy atom. The highest BCUT2D eigenvalue weighted by Crippen LogP contribution is 2.12. The summed E-state index contributed by atoms with van der Waals surface area (Å²) in [6, 6.07) is 0. The van der Waals surface area contributed by atoms with Gasteiger partial charge in [0, 0.05) is 6.08 Å². The van der Waals surface area contributed by atoms with E-state index in [9.17, 15) is 18.0 Å². The molecule has 0 bridgehead atoms. The molecule has 0 radical (unpaired) electrons. The number of hydrogen-bond donors (Lipinski definition) is 3. The number of rotatable bonds is 12. The number of esters is 1. The first kappa shape index (κ1) is 25.8. The van der Waals surface area contributed by atoms with E-state index >= 15 is 0 Å². The van der Waals surface area contributed by atoms with Gasteiger partial charge in [0.1, 0.15) is 6.61 Å². The molecule has 0 saturated carbocycles. The lowest BCUT2D eigenvalue weighted by molar-refractivity contribution is -0.148. The SMILES string of the molecule is CC=CC(=O)OCC(CCCCCC)C(=O)O.NCCCS(=O)(=O)O. The van der Waals surface area contributed by atoms with Crippen LogP contribution in [0.4, 0.5) is 0 Å². The molecule has 148 valence electrons. The number of aliphatic carboxylic acids is 1. The van der Waals surface area contributed by atoms with Crippen LogP contribution in [0.25, 0.3) is 0 Å². The van der Waals surface area contributed by atoms with E-state index in [-0.39, 0.29) is 12.4 Å². The number of carbonyl (C=O) groups is 2. The van der Waals surface area contributed by atoms with Gasteiger partial charge in [-0.15, -0.1) is 0 Å². The second-order valence-corrected chi connectivity index (χ2v) is 7.01. The maximum Gasteiger partial charge on any atom is 0.330 e. The van der Waals surface area contributed by atoms with Crippen molar-refractivity contribution in [2.75, 3.05) is 18.9 Å². The molecule has 0 aromatic heterocycles. The fraction of sp³-hybridized carbons (Fsp3) is 0.750. The first-order valence-electron chi connectivity index (χ1n) is 8.35. The highest BCUT2D eigenvalue weighted by Gasteiger charge is 2.18. The summed E-state index contributed by atoms with van der Waals surface area (Å²) in [6.07, 6.45) is 7.88. The molecule has 0 aromatic rings. The van der Waals surface area contributed by atoms with Crippen molar-refractivity contribution < 1.29 is 32.4 Å². The van der Waals surface area contributed by atoms with Gasteiger partial charge in [0.15, 0.2) is 0 Å². The molecule has 0 aliphatic heterocycles. The van der Waals surface area contributed by atoms with Crippen molar-refractivity contribution in [1.29, 1.82) is 0 Å². The molecule has 0 aromatic carbocycles. The number of allylic oxidation sites excluding steroid dienone is 1. The number of carboxylic acids is 1. The van der Waals surface area contributed by atoms with Gasteiger partial charge < -0.3 is 15.6 Å². The van der Waals surface area contributed by atoms with E-state index in [2.05, 4.69) is 6.92 Å². The summed E-state index contributed by atoms with van der Waals surface area (Å²) in [7, 11) is -3.77. The number of carbonyl (C=O) groups excluding carboxylic acids is 1. The van der Waals surface area contributed by atoms with Crippen LogP contribution in [0.15, 0.2) is 12.2 Å². The average molecular weight is 381 g/mol. The maximum absolute atomic E-state index is 11.0. The summed E-state index contributed by atoms with van der Waals surface area (Å²) in [5, 5.41) is 8.96. The molecule has 9 heteroatoms. The maximum atomic E-state index is 11.0. The lowest BCUT2D eigenvalue weighted by Gasteiger charge is -2.11. The van der Waals surface area contributed by atoms with Gasteiger partial charge in [-0.25, -0.2) is 4.79 Å². The van der Waals surface area contributed by atoms with E-state index in [0.717, 1.165) is 25.7 Å². The summed E-state index contributed by atoms with van der Waals surface area (Å²) < 4.78 is 32.7. The van der Waals surface area contributed by atoms with Crippen LogP contribution in [0.5, 0.6) is 0 Å². The van der Waals surface area contributed by atoms with Crippen LogP contribution in [0, 0.1) is 5.92 Å². The van der Waals surface area contributed by atoms with E-state index in [1.54, 1.807) is 13.0 Å². The molecule has 0 aliphatic rings. The average Bonchev–Trinajstić information content (AvgIpc) is 2.52. The summed E-state index contributed by atoms with van der Waals surface area (Å²) in [6.45, 7) is 4.07. The second kappa shape index (κ2) is 16.0. The minimum Gasteiger partial charge on any atom is -0.481 e. The highest BCUT2D eigenvalue weighted by atomic mass is 32.2. The number of carboxylic acid groups (broad SMARTS) is 1. The molecule has 0 rings (SSSR count). The molecule has 0 aliphatic carbocycles. The Morgan fingerprint density at radius 1 is 1.20 bits per heavy atom. The van der Waals surface area contributed by atoms with Crippen molar-refractivity contribution in [3.05, 3.63) is 12.2 Å². The second-order valence-electron chi connectivity index (χ2n) is 5.44. The standard InChI is InChI=1S/C13H22O4.C3H9NO3S/c1-3-5-6-7-9-11(13(15)16)10-17-12(14)8-4-2;4-2-1-3-8(5,6)7/h4,8,11H,3,5-7,9-10H2,1-2H3,(H,15,16);1-4H2,(H,5,6,7). The third-order valence-corrected chi connectivity index (χ3v) is 3.90. The zero-order chi connectivity index (χ0) is 19.7. The van der Waals surface area contributed by atoms with Gasteiger partial charge in [0.2, 0.25) is 0 Å². The van der Waals surface area contributed by atoms with Crippen molar-refractivity contribution in [2.24, 2.45) is 11.7 Å². The van der Waals surface area contributed by atoms with Gasteiger partial charge in [0.25, 0.3) is 10.1 Å². The van der Waals surface area contributed by atoms with Crippen molar-refractivity contribution in [1.82, 2.24) is 0 Å². The molecule has 25 heavy (non-hydrogen) atoms. The van der Waals surface area contributed by atoms with Crippen LogP contribution in [0.3, 0.4) is 0 Å². The number of nitrogens with two attached hydrogens (primary N) is 1. The topological polar surface area (TPSA) is 144 Å². The van der Waals surface area contributed by atoms with Gasteiger partial charge in [-0.1, -0.05) is 38.7 Å². The molecular formula is C16H31NO7S. The molecule has 4 N–H and O–H groups in total. The Labute approximate surface area is 150 Å². The fourth-order valence-electron chi connectivity index (χ4n) is 1.73. The molecule has 0 fully saturated rings. The van der Waals surface area contributed by atoms with E-state index < -0.39 is 28.0 Å². The molecule has 8 nitrogen and oxygen atoms in total. The summed E-state index contributed by atoms with van der Waals surface area (Å²) in [5.74, 6) is -2.19. The van der Waals surface area contributed by atoms with Crippen molar-refractivity contribution >= 4 is 22.1 Å². The smallest absolute Gasteiger partial charge is 0.330 e. The van der Waals surface area contributed by atoms with Gasteiger partial charge in [0.05, 0.1) is 11.7 Å². The summed E-state index contributed by atoms with van der Waals surface area (Å²) in [4.78, 5) is 22.0. The van der Waals surface area contributed by atoms with Gasteiger partial charge in [-0.2, -0.15) is 8.42 Å². The Bertz CT molecular complexity index is 489. The van der Waals surface area contributed by atoms with Crippen LogP contribution in [0.2, 0.25) is 0 Å². The van der Waals surface area contributed by atoms with Crippen LogP contribution >= 0.6 is 0 Å². The molecule has 0 spiro atoms. The van der Waals surface area contributed by atoms with Crippen LogP contribution in [-0.4, -0.2) is 48.9 Å². The lowest BCUT2D eigenvalue weighted by Crippen LogP contribution is -2.21. The zero-order valence-corrected chi connectivity index (χ0v) is 15.8. The minimum absolute atomic E-state index is 0.0371. The van der Waals surface area contributed by atoms with Gasteiger partial charge in [-0.05, 0) is 26.3 Å². The Hall–Kier alpha value is -1.45. The fourth-order valence-corrected chi connectivity index (χ4v) is 2.26. The van der Waals surface area contributed by atoms with Gasteiger partial charge >= 0.3 is 11.9 Å². The third-order valence-electron chi connectivity index (χ3n) is 3.09. The predicted octanol–water partition coefficient (Wildman–Crippen LogP) is 2.00. The van der Waals surface area contributed by atoms with Crippen LogP contribution < -0.4 is 5.73 Å². The van der Waals surface area contributed by atoms with E-state index in [1.165, 1.54) is 6.08 Å². The Morgan fingerprint density at radius 2 is 1.84 bits per heavy atom. The van der Waals surface area contributed by atoms with Gasteiger partial charge in [-0.3, -0.25) is 9.35 Å². The molecule has 0 amide bonds. The molecular weight excluding hydrogens is 350 g/mol. The number of unbranched alkanes of at least 4 members (excludes halogenated alkanes) is 3. The number of ether oxygens (including phenoxy) is 1. The molecule has 1 unspecified atom stereocenters. The van der Waals surface area contributed by atoms with Crippen molar-refractivity contribution in [3.8, 4) is 0 Å². The normalized spacial score (nSPS) is 12.3. The lowest BCUT2D eigenvalue weighted by atomic mass is 10.0. The third kappa shape index (κ3) is 20.5. The van der Waals surface area contributed by atoms with E-state index in [1.807, 2.05) is 0 Å². The molecule has 1 atom stereocenters. The number of hydrogen-bond acceptors (Lipinski definition) is 6. The Kier molecular flexibility index (Phi) is 16.5. The first-order valence-corrected chi connectivity index (χ1v) is 9.96.